The summed E-state index contributed by atoms with van der Waals surface area (Å²) in [6.45, 7) is 1.05. The van der Waals surface area contributed by atoms with Crippen LogP contribution >= 0.6 is 0 Å². The van der Waals surface area contributed by atoms with E-state index in [1.54, 1.807) is 13.2 Å². The van der Waals surface area contributed by atoms with Crippen LogP contribution in [0.5, 0.6) is 0 Å². The molecule has 0 aliphatic rings. The number of aliphatic carboxylic acids is 1. The minimum absolute atomic E-state index is 0.216. The van der Waals surface area contributed by atoms with Crippen molar-refractivity contribution in [2.45, 2.75) is 25.4 Å². The van der Waals surface area contributed by atoms with Crippen molar-refractivity contribution in [3.05, 3.63) is 0 Å². The Morgan fingerprint density at radius 1 is 1.35 bits per heavy atom. The molecule has 7 nitrogen and oxygen atoms in total. The zero-order chi connectivity index (χ0) is 13.4. The molecule has 0 aliphatic heterocycles. The van der Waals surface area contributed by atoms with Crippen molar-refractivity contribution in [1.29, 1.82) is 0 Å². The summed E-state index contributed by atoms with van der Waals surface area (Å²) in [6.07, 6.45) is 2.10. The molecule has 0 bridgehead atoms. The molecular weight excluding hydrogens is 248 g/mol. The summed E-state index contributed by atoms with van der Waals surface area (Å²) in [7, 11) is -0.926. The normalized spacial score (nSPS) is 15.7. The fraction of sp³-hybridized carbons (Fsp3) is 0.778. The lowest BCUT2D eigenvalue weighted by atomic mass is 10.2. The molecule has 3 atom stereocenters. The van der Waals surface area contributed by atoms with E-state index in [1.807, 2.05) is 0 Å². The maximum atomic E-state index is 11.3. The van der Waals surface area contributed by atoms with E-state index in [4.69, 9.17) is 10.2 Å². The van der Waals surface area contributed by atoms with E-state index in [9.17, 15) is 13.8 Å². The van der Waals surface area contributed by atoms with Crippen LogP contribution in [0.25, 0.3) is 0 Å². The van der Waals surface area contributed by atoms with Crippen molar-refractivity contribution < 1.29 is 24.0 Å². The Kier molecular flexibility index (Phi) is 7.47. The summed E-state index contributed by atoms with van der Waals surface area (Å²) in [6, 6.07) is -2.20. The lowest BCUT2D eigenvalue weighted by molar-refractivity contribution is -0.140. The molecule has 0 fully saturated rings. The number of aliphatic hydroxyl groups excluding tert-OH is 1. The van der Waals surface area contributed by atoms with E-state index in [-0.39, 0.29) is 6.04 Å². The fourth-order valence-electron chi connectivity index (χ4n) is 1.02. The number of aliphatic hydroxyl groups is 1. The van der Waals surface area contributed by atoms with E-state index in [2.05, 4.69) is 10.6 Å². The quantitative estimate of drug-likeness (QED) is 0.466. The molecule has 0 aromatic carbocycles. The Balaban J connectivity index is 3.99. The largest absolute Gasteiger partial charge is 0.480 e. The van der Waals surface area contributed by atoms with Gasteiger partial charge in [0, 0.05) is 28.9 Å². The highest BCUT2D eigenvalue weighted by molar-refractivity contribution is 7.84. The lowest BCUT2D eigenvalue weighted by Crippen LogP contribution is -2.50. The highest BCUT2D eigenvalue weighted by atomic mass is 32.2. The standard InChI is InChI=1S/C9H18N2O5S/c1-6(3-4-17(2)16)10-9(15)11-7(5-12)8(13)14/h6-7,12H,3-5H2,1-2H3,(H,13,14)(H2,10,11,15)/t6?,7-,17?/m1/s1. The fourth-order valence-corrected chi connectivity index (χ4v) is 1.71. The molecule has 4 N–H and O–H groups in total. The number of carbonyl (C=O) groups excluding carboxylic acids is 1. The number of nitrogens with one attached hydrogen (secondary N) is 2. The third kappa shape index (κ3) is 7.70. The van der Waals surface area contributed by atoms with Crippen LogP contribution in [0.4, 0.5) is 4.79 Å². The van der Waals surface area contributed by atoms with Crippen molar-refractivity contribution in [3.63, 3.8) is 0 Å². The highest BCUT2D eigenvalue weighted by Crippen LogP contribution is 1.93. The van der Waals surface area contributed by atoms with Crippen LogP contribution in [-0.2, 0) is 15.6 Å². The Bertz CT molecular complexity index is 297. The predicted molar refractivity (Wildman–Crippen MR) is 63.2 cm³/mol. The zero-order valence-electron chi connectivity index (χ0n) is 9.80. The van der Waals surface area contributed by atoms with Crippen molar-refractivity contribution in [1.82, 2.24) is 10.6 Å². The minimum Gasteiger partial charge on any atom is -0.480 e. The summed E-state index contributed by atoms with van der Waals surface area (Å²) in [5, 5.41) is 21.9. The van der Waals surface area contributed by atoms with Gasteiger partial charge in [-0.1, -0.05) is 0 Å². The molecular formula is C9H18N2O5S. The van der Waals surface area contributed by atoms with Gasteiger partial charge >= 0.3 is 12.0 Å². The molecule has 0 saturated heterocycles. The molecule has 0 spiro atoms. The van der Waals surface area contributed by atoms with Crippen LogP contribution in [0.1, 0.15) is 13.3 Å². The van der Waals surface area contributed by atoms with E-state index in [1.165, 1.54) is 0 Å². The summed E-state index contributed by atoms with van der Waals surface area (Å²) >= 11 is 0. The molecule has 17 heavy (non-hydrogen) atoms. The third-order valence-corrected chi connectivity index (χ3v) is 2.81. The van der Waals surface area contributed by atoms with Crippen LogP contribution in [-0.4, -0.2) is 57.1 Å². The van der Waals surface area contributed by atoms with E-state index < -0.39 is 35.4 Å². The van der Waals surface area contributed by atoms with Crippen LogP contribution < -0.4 is 10.6 Å². The summed E-state index contributed by atoms with van der Waals surface area (Å²) in [5.74, 6) is -0.839. The number of hydrogen-bond acceptors (Lipinski definition) is 4. The SMILES string of the molecule is CC(CCS(C)=O)NC(=O)N[C@H](CO)C(=O)O. The number of carboxylic acids is 1. The van der Waals surface area contributed by atoms with Crippen LogP contribution in [0.3, 0.4) is 0 Å². The molecule has 2 amide bonds. The third-order valence-electron chi connectivity index (χ3n) is 2.00. The lowest BCUT2D eigenvalue weighted by Gasteiger charge is -2.16. The molecule has 0 radical (unpaired) electrons. The molecule has 0 saturated carbocycles. The molecule has 0 heterocycles. The van der Waals surface area contributed by atoms with Gasteiger partial charge in [0.2, 0.25) is 0 Å². The first-order valence-corrected chi connectivity index (χ1v) is 6.80. The number of rotatable bonds is 7. The van der Waals surface area contributed by atoms with Gasteiger partial charge in [-0.25, -0.2) is 9.59 Å². The van der Waals surface area contributed by atoms with Crippen LogP contribution in [0.15, 0.2) is 0 Å². The maximum Gasteiger partial charge on any atom is 0.328 e. The molecule has 0 aromatic rings. The van der Waals surface area contributed by atoms with Gasteiger partial charge in [-0.15, -0.1) is 0 Å². The van der Waals surface area contributed by atoms with Crippen LogP contribution in [0, 0.1) is 0 Å². The van der Waals surface area contributed by atoms with Crippen LogP contribution in [0.2, 0.25) is 0 Å². The topological polar surface area (TPSA) is 116 Å². The first-order valence-electron chi connectivity index (χ1n) is 5.07. The minimum atomic E-state index is -1.32. The predicted octanol–water partition coefficient (Wildman–Crippen LogP) is -1.11. The highest BCUT2D eigenvalue weighted by Gasteiger charge is 2.19. The molecule has 0 aliphatic carbocycles. The average Bonchev–Trinajstić information content (AvgIpc) is 2.22. The van der Waals surface area contributed by atoms with E-state index >= 15 is 0 Å². The van der Waals surface area contributed by atoms with Gasteiger partial charge in [0.1, 0.15) is 0 Å². The second-order valence-corrected chi connectivity index (χ2v) is 5.21. The maximum absolute atomic E-state index is 11.3. The average molecular weight is 266 g/mol. The number of urea groups is 1. The van der Waals surface area contributed by atoms with Crippen molar-refractivity contribution in [2.75, 3.05) is 18.6 Å². The Morgan fingerprint density at radius 3 is 2.35 bits per heavy atom. The van der Waals surface area contributed by atoms with Gasteiger partial charge < -0.3 is 20.8 Å². The molecule has 100 valence electrons. The Labute approximate surface area is 102 Å². The van der Waals surface area contributed by atoms with Crippen molar-refractivity contribution in [2.24, 2.45) is 0 Å². The van der Waals surface area contributed by atoms with Gasteiger partial charge in [0.25, 0.3) is 0 Å². The van der Waals surface area contributed by atoms with E-state index in [0.29, 0.717) is 12.2 Å². The van der Waals surface area contributed by atoms with Crippen molar-refractivity contribution >= 4 is 22.8 Å². The zero-order valence-corrected chi connectivity index (χ0v) is 10.6. The number of carbonyl (C=O) groups is 2. The molecule has 8 heteroatoms. The van der Waals surface area contributed by atoms with Gasteiger partial charge in [-0.3, -0.25) is 4.21 Å². The summed E-state index contributed by atoms with van der Waals surface area (Å²) < 4.78 is 10.8. The summed E-state index contributed by atoms with van der Waals surface area (Å²) in [4.78, 5) is 21.8. The first kappa shape index (κ1) is 15.9. The van der Waals surface area contributed by atoms with Gasteiger partial charge in [-0.05, 0) is 13.3 Å². The number of hydrogen-bond donors (Lipinski definition) is 4. The molecule has 0 rings (SSSR count). The van der Waals surface area contributed by atoms with Gasteiger partial charge in [-0.2, -0.15) is 0 Å². The monoisotopic (exact) mass is 266 g/mol. The van der Waals surface area contributed by atoms with Gasteiger partial charge in [0.05, 0.1) is 6.61 Å². The Morgan fingerprint density at radius 2 is 1.94 bits per heavy atom. The smallest absolute Gasteiger partial charge is 0.328 e. The van der Waals surface area contributed by atoms with Gasteiger partial charge in [0.15, 0.2) is 6.04 Å². The number of amides is 2. The first-order chi connectivity index (χ1) is 7.86. The number of carboxylic acid groups (broad SMARTS) is 1. The van der Waals surface area contributed by atoms with E-state index in [0.717, 1.165) is 0 Å². The second-order valence-electron chi connectivity index (χ2n) is 3.66. The second kappa shape index (κ2) is 8.02. The molecule has 2 unspecified atom stereocenters. The Hall–Kier alpha value is -1.15. The van der Waals surface area contributed by atoms with Crippen molar-refractivity contribution in [3.8, 4) is 0 Å². The summed E-state index contributed by atoms with van der Waals surface area (Å²) in [5.41, 5.74) is 0. The molecule has 0 aromatic heterocycles.